The summed E-state index contributed by atoms with van der Waals surface area (Å²) in [5.41, 5.74) is 0. The molecule has 2 heterocycles. The number of halogens is 1. The van der Waals surface area contributed by atoms with E-state index in [-0.39, 0.29) is 0 Å². The number of hydrogen-bond donors (Lipinski definition) is 1. The highest BCUT2D eigenvalue weighted by Crippen LogP contribution is 2.16. The summed E-state index contributed by atoms with van der Waals surface area (Å²) in [7, 11) is 0. The minimum atomic E-state index is 0.672. The zero-order valence-electron chi connectivity index (χ0n) is 9.23. The summed E-state index contributed by atoms with van der Waals surface area (Å²) in [5.74, 6) is 1.93. The number of nitrogens with one attached hydrogen (secondary N) is 1. The molecule has 0 aliphatic rings. The van der Waals surface area contributed by atoms with E-state index in [1.54, 1.807) is 24.2 Å². The lowest BCUT2D eigenvalue weighted by Crippen LogP contribution is -2.16. The predicted octanol–water partition coefficient (Wildman–Crippen LogP) is 3.21. The van der Waals surface area contributed by atoms with Crippen LogP contribution in [0.3, 0.4) is 0 Å². The lowest BCUT2D eigenvalue weighted by molar-refractivity contribution is 0.488. The van der Waals surface area contributed by atoms with Crippen molar-refractivity contribution in [2.75, 3.05) is 12.3 Å². The van der Waals surface area contributed by atoms with E-state index in [1.807, 2.05) is 24.3 Å². The molecule has 0 unspecified atom stereocenters. The van der Waals surface area contributed by atoms with Gasteiger partial charge in [0.2, 0.25) is 0 Å². The minimum Gasteiger partial charge on any atom is -0.468 e. The molecule has 0 bridgehead atoms. The first-order valence-corrected chi connectivity index (χ1v) is 6.68. The molecule has 0 atom stereocenters. The molecule has 2 aromatic rings. The summed E-state index contributed by atoms with van der Waals surface area (Å²) < 4.78 is 5.22. The zero-order chi connectivity index (χ0) is 11.9. The van der Waals surface area contributed by atoms with Crippen LogP contribution >= 0.6 is 23.4 Å². The van der Waals surface area contributed by atoms with E-state index in [2.05, 4.69) is 10.3 Å². The molecule has 1 N–H and O–H groups in total. The lowest BCUT2D eigenvalue weighted by Gasteiger charge is -2.02. The molecule has 5 heteroatoms. The van der Waals surface area contributed by atoms with Crippen molar-refractivity contribution in [3.8, 4) is 0 Å². The first-order chi connectivity index (χ1) is 8.34. The summed E-state index contributed by atoms with van der Waals surface area (Å²) in [5, 5.41) is 4.97. The third kappa shape index (κ3) is 4.42. The van der Waals surface area contributed by atoms with Gasteiger partial charge in [0.25, 0.3) is 0 Å². The van der Waals surface area contributed by atoms with E-state index in [9.17, 15) is 0 Å². The number of thioether (sulfide) groups is 1. The van der Waals surface area contributed by atoms with E-state index in [1.165, 1.54) is 0 Å². The SMILES string of the molecule is Clc1ccc(SCCNCc2ccco2)nc1. The van der Waals surface area contributed by atoms with E-state index in [4.69, 9.17) is 16.0 Å². The van der Waals surface area contributed by atoms with Gasteiger partial charge in [-0.1, -0.05) is 11.6 Å². The van der Waals surface area contributed by atoms with Crippen molar-refractivity contribution in [2.45, 2.75) is 11.6 Å². The molecule has 0 radical (unpaired) electrons. The Hall–Kier alpha value is -0.970. The molecular formula is C12H13ClN2OS. The predicted molar refractivity (Wildman–Crippen MR) is 70.4 cm³/mol. The maximum atomic E-state index is 5.76. The van der Waals surface area contributed by atoms with Crippen molar-refractivity contribution >= 4 is 23.4 Å². The van der Waals surface area contributed by atoms with Gasteiger partial charge in [-0.2, -0.15) is 0 Å². The molecule has 2 rings (SSSR count). The third-order valence-corrected chi connectivity index (χ3v) is 3.28. The van der Waals surface area contributed by atoms with Crippen LogP contribution in [-0.2, 0) is 6.54 Å². The second-order valence-corrected chi connectivity index (χ2v) is 4.97. The molecule has 90 valence electrons. The summed E-state index contributed by atoms with van der Waals surface area (Å²) in [4.78, 5) is 4.21. The van der Waals surface area contributed by atoms with Gasteiger partial charge in [-0.05, 0) is 24.3 Å². The van der Waals surface area contributed by atoms with Gasteiger partial charge in [0.1, 0.15) is 5.76 Å². The molecule has 17 heavy (non-hydrogen) atoms. The van der Waals surface area contributed by atoms with Crippen LogP contribution in [-0.4, -0.2) is 17.3 Å². The Morgan fingerprint density at radius 2 is 2.29 bits per heavy atom. The highest BCUT2D eigenvalue weighted by molar-refractivity contribution is 7.99. The Morgan fingerprint density at radius 3 is 3.00 bits per heavy atom. The minimum absolute atomic E-state index is 0.672. The highest BCUT2D eigenvalue weighted by Gasteiger charge is 1.97. The maximum Gasteiger partial charge on any atom is 0.117 e. The normalized spacial score (nSPS) is 10.6. The molecule has 0 saturated carbocycles. The monoisotopic (exact) mass is 268 g/mol. The Morgan fingerprint density at radius 1 is 1.35 bits per heavy atom. The molecule has 0 saturated heterocycles. The van der Waals surface area contributed by atoms with Gasteiger partial charge >= 0.3 is 0 Å². The van der Waals surface area contributed by atoms with Gasteiger partial charge in [0, 0.05) is 18.5 Å². The number of nitrogens with zero attached hydrogens (tertiary/aromatic N) is 1. The fourth-order valence-corrected chi connectivity index (χ4v) is 2.16. The van der Waals surface area contributed by atoms with Crippen LogP contribution < -0.4 is 5.32 Å². The summed E-state index contributed by atoms with van der Waals surface area (Å²) in [6.45, 7) is 1.68. The van der Waals surface area contributed by atoms with E-state index >= 15 is 0 Å². The Bertz CT molecular complexity index is 430. The highest BCUT2D eigenvalue weighted by atomic mass is 35.5. The molecule has 0 amide bonds. The molecule has 0 spiro atoms. The number of rotatable bonds is 6. The smallest absolute Gasteiger partial charge is 0.117 e. The maximum absolute atomic E-state index is 5.76. The molecule has 0 aliphatic heterocycles. The van der Waals surface area contributed by atoms with Crippen LogP contribution in [0.15, 0.2) is 46.2 Å². The van der Waals surface area contributed by atoms with Crippen LogP contribution in [0.1, 0.15) is 5.76 Å². The first kappa shape index (κ1) is 12.5. The fraction of sp³-hybridized carbons (Fsp3) is 0.250. The number of pyridine rings is 1. The summed E-state index contributed by atoms with van der Waals surface area (Å²) >= 11 is 7.46. The molecule has 0 aromatic carbocycles. The average Bonchev–Trinajstić information content (AvgIpc) is 2.84. The topological polar surface area (TPSA) is 38.1 Å². The zero-order valence-corrected chi connectivity index (χ0v) is 10.8. The van der Waals surface area contributed by atoms with Crippen LogP contribution in [0.25, 0.3) is 0 Å². The second-order valence-electron chi connectivity index (χ2n) is 3.42. The van der Waals surface area contributed by atoms with Gasteiger partial charge in [-0.15, -0.1) is 11.8 Å². The lowest BCUT2D eigenvalue weighted by atomic mass is 10.4. The van der Waals surface area contributed by atoms with Crippen molar-refractivity contribution in [1.29, 1.82) is 0 Å². The van der Waals surface area contributed by atoms with Gasteiger partial charge in [-0.3, -0.25) is 0 Å². The van der Waals surface area contributed by atoms with E-state index in [0.29, 0.717) is 5.02 Å². The van der Waals surface area contributed by atoms with Crippen LogP contribution in [0.4, 0.5) is 0 Å². The fourth-order valence-electron chi connectivity index (χ4n) is 1.30. The Balaban J connectivity index is 1.61. The number of aromatic nitrogens is 1. The average molecular weight is 269 g/mol. The van der Waals surface area contributed by atoms with Crippen molar-refractivity contribution in [2.24, 2.45) is 0 Å². The van der Waals surface area contributed by atoms with Crippen molar-refractivity contribution in [3.05, 3.63) is 47.5 Å². The van der Waals surface area contributed by atoms with Crippen molar-refractivity contribution in [3.63, 3.8) is 0 Å². The molecule has 0 aliphatic carbocycles. The molecule has 0 fully saturated rings. The quantitative estimate of drug-likeness (QED) is 0.645. The van der Waals surface area contributed by atoms with Gasteiger partial charge in [0.05, 0.1) is 22.9 Å². The van der Waals surface area contributed by atoms with E-state index in [0.717, 1.165) is 29.6 Å². The van der Waals surface area contributed by atoms with Gasteiger partial charge < -0.3 is 9.73 Å². The second kappa shape index (κ2) is 6.69. The Labute approximate surface area is 110 Å². The summed E-state index contributed by atoms with van der Waals surface area (Å²) in [6, 6.07) is 7.64. The molecule has 3 nitrogen and oxygen atoms in total. The Kier molecular flexibility index (Phi) is 4.91. The molecular weight excluding hydrogens is 256 g/mol. The molecule has 2 aromatic heterocycles. The number of hydrogen-bond acceptors (Lipinski definition) is 4. The van der Waals surface area contributed by atoms with Crippen molar-refractivity contribution < 1.29 is 4.42 Å². The first-order valence-electron chi connectivity index (χ1n) is 5.32. The van der Waals surface area contributed by atoms with Crippen LogP contribution in [0, 0.1) is 0 Å². The standard InChI is InChI=1S/C12H13ClN2OS/c13-10-3-4-12(15-8-10)17-7-5-14-9-11-2-1-6-16-11/h1-4,6,8,14H,5,7,9H2. The van der Waals surface area contributed by atoms with Gasteiger partial charge in [0.15, 0.2) is 0 Å². The third-order valence-electron chi connectivity index (χ3n) is 2.11. The van der Waals surface area contributed by atoms with E-state index < -0.39 is 0 Å². The van der Waals surface area contributed by atoms with Crippen LogP contribution in [0.2, 0.25) is 5.02 Å². The van der Waals surface area contributed by atoms with Gasteiger partial charge in [-0.25, -0.2) is 4.98 Å². The summed E-state index contributed by atoms with van der Waals surface area (Å²) in [6.07, 6.45) is 3.35. The largest absolute Gasteiger partial charge is 0.468 e. The number of furan rings is 1. The van der Waals surface area contributed by atoms with Crippen molar-refractivity contribution in [1.82, 2.24) is 10.3 Å². The van der Waals surface area contributed by atoms with Crippen LogP contribution in [0.5, 0.6) is 0 Å².